The lowest BCUT2D eigenvalue weighted by atomic mass is 9.99. The zero-order chi connectivity index (χ0) is 12.8. The highest BCUT2D eigenvalue weighted by molar-refractivity contribution is 5.84. The average molecular weight is 231 g/mol. The molecule has 0 saturated heterocycles. The zero-order valence-electron chi connectivity index (χ0n) is 11.0. The van der Waals surface area contributed by atoms with Crippen molar-refractivity contribution in [3.8, 4) is 0 Å². The van der Waals surface area contributed by atoms with E-state index in [1.165, 1.54) is 7.11 Å². The van der Waals surface area contributed by atoms with E-state index in [0.29, 0.717) is 12.3 Å². The van der Waals surface area contributed by atoms with Crippen LogP contribution in [0, 0.1) is 5.92 Å². The third-order valence-electron chi connectivity index (χ3n) is 2.92. The predicted molar refractivity (Wildman–Crippen MR) is 64.2 cm³/mol. The second-order valence-corrected chi connectivity index (χ2v) is 4.77. The Bertz CT molecular complexity index is 212. The predicted octanol–water partition coefficient (Wildman–Crippen LogP) is 1.32. The molecule has 0 bridgehead atoms. The van der Waals surface area contributed by atoms with Crippen LogP contribution in [0.1, 0.15) is 40.5 Å². The maximum Gasteiger partial charge on any atom is 0.252 e. The van der Waals surface area contributed by atoms with Gasteiger partial charge in [-0.05, 0) is 25.7 Å². The van der Waals surface area contributed by atoms with Gasteiger partial charge in [0.05, 0.1) is 12.6 Å². The molecule has 0 aromatic carbocycles. The molecule has 0 aromatic rings. The highest BCUT2D eigenvalue weighted by Crippen LogP contribution is 2.15. The van der Waals surface area contributed by atoms with Gasteiger partial charge in [0.15, 0.2) is 0 Å². The van der Waals surface area contributed by atoms with Crippen molar-refractivity contribution in [2.45, 2.75) is 52.2 Å². The van der Waals surface area contributed by atoms with Gasteiger partial charge in [0.25, 0.3) is 5.91 Å². The first-order valence-electron chi connectivity index (χ1n) is 5.86. The van der Waals surface area contributed by atoms with Gasteiger partial charge in [-0.3, -0.25) is 4.79 Å². The van der Waals surface area contributed by atoms with Crippen LogP contribution in [0.3, 0.4) is 0 Å². The SMILES string of the molecule is CCC(C)(OC)C(=O)NC(CO)CC(C)C. The molecule has 4 nitrogen and oxygen atoms in total. The first-order valence-corrected chi connectivity index (χ1v) is 5.86. The van der Waals surface area contributed by atoms with Crippen molar-refractivity contribution in [1.82, 2.24) is 5.32 Å². The molecule has 0 aliphatic heterocycles. The van der Waals surface area contributed by atoms with Gasteiger partial charge in [0, 0.05) is 7.11 Å². The Kier molecular flexibility index (Phi) is 6.60. The second-order valence-electron chi connectivity index (χ2n) is 4.77. The Balaban J connectivity index is 4.39. The number of aliphatic hydroxyl groups excluding tert-OH is 1. The molecule has 2 atom stereocenters. The molecule has 0 aliphatic carbocycles. The lowest BCUT2D eigenvalue weighted by molar-refractivity contribution is -0.143. The number of carbonyl (C=O) groups excluding carboxylic acids is 1. The first-order chi connectivity index (χ1) is 7.39. The Hall–Kier alpha value is -0.610. The summed E-state index contributed by atoms with van der Waals surface area (Å²) < 4.78 is 5.21. The van der Waals surface area contributed by atoms with Crippen LogP contribution in [0.25, 0.3) is 0 Å². The van der Waals surface area contributed by atoms with Crippen LogP contribution in [0.5, 0.6) is 0 Å². The van der Waals surface area contributed by atoms with Crippen molar-refractivity contribution in [2.75, 3.05) is 13.7 Å². The van der Waals surface area contributed by atoms with E-state index in [-0.39, 0.29) is 18.6 Å². The molecular weight excluding hydrogens is 206 g/mol. The fraction of sp³-hybridized carbons (Fsp3) is 0.917. The largest absolute Gasteiger partial charge is 0.394 e. The summed E-state index contributed by atoms with van der Waals surface area (Å²) in [7, 11) is 1.53. The van der Waals surface area contributed by atoms with Crippen LogP contribution in [0.2, 0.25) is 0 Å². The van der Waals surface area contributed by atoms with Crippen LogP contribution in [0.15, 0.2) is 0 Å². The van der Waals surface area contributed by atoms with Gasteiger partial charge < -0.3 is 15.2 Å². The summed E-state index contributed by atoms with van der Waals surface area (Å²) in [5, 5.41) is 12.0. The van der Waals surface area contributed by atoms with E-state index < -0.39 is 5.60 Å². The summed E-state index contributed by atoms with van der Waals surface area (Å²) >= 11 is 0. The third kappa shape index (κ3) is 4.49. The molecule has 1 amide bonds. The van der Waals surface area contributed by atoms with Crippen LogP contribution >= 0.6 is 0 Å². The molecule has 0 spiro atoms. The summed E-state index contributed by atoms with van der Waals surface area (Å²) in [6.07, 6.45) is 1.38. The summed E-state index contributed by atoms with van der Waals surface area (Å²) in [4.78, 5) is 11.9. The van der Waals surface area contributed by atoms with E-state index in [1.807, 2.05) is 6.92 Å². The summed E-state index contributed by atoms with van der Waals surface area (Å²) in [6.45, 7) is 7.74. The van der Waals surface area contributed by atoms with E-state index in [1.54, 1.807) is 6.92 Å². The van der Waals surface area contributed by atoms with Gasteiger partial charge in [-0.1, -0.05) is 20.8 Å². The van der Waals surface area contributed by atoms with E-state index >= 15 is 0 Å². The Morgan fingerprint density at radius 3 is 2.38 bits per heavy atom. The van der Waals surface area contributed by atoms with Crippen molar-refractivity contribution in [2.24, 2.45) is 5.92 Å². The summed E-state index contributed by atoms with van der Waals surface area (Å²) in [5.41, 5.74) is -0.801. The molecule has 0 rings (SSSR count). The van der Waals surface area contributed by atoms with Crippen LogP contribution < -0.4 is 5.32 Å². The molecule has 2 N–H and O–H groups in total. The Morgan fingerprint density at radius 1 is 1.50 bits per heavy atom. The molecule has 16 heavy (non-hydrogen) atoms. The number of nitrogens with one attached hydrogen (secondary N) is 1. The molecule has 0 saturated carbocycles. The fourth-order valence-electron chi connectivity index (χ4n) is 1.48. The number of carbonyl (C=O) groups is 1. The third-order valence-corrected chi connectivity index (χ3v) is 2.92. The molecule has 0 radical (unpaired) electrons. The smallest absolute Gasteiger partial charge is 0.252 e. The Morgan fingerprint density at radius 2 is 2.06 bits per heavy atom. The summed E-state index contributed by atoms with van der Waals surface area (Å²) in [5.74, 6) is 0.282. The second kappa shape index (κ2) is 6.86. The fourth-order valence-corrected chi connectivity index (χ4v) is 1.48. The number of hydrogen-bond acceptors (Lipinski definition) is 3. The van der Waals surface area contributed by atoms with Gasteiger partial charge in [-0.2, -0.15) is 0 Å². The molecule has 96 valence electrons. The van der Waals surface area contributed by atoms with Gasteiger partial charge >= 0.3 is 0 Å². The molecule has 0 fully saturated rings. The van der Waals surface area contributed by atoms with E-state index in [2.05, 4.69) is 19.2 Å². The van der Waals surface area contributed by atoms with Crippen molar-refractivity contribution in [1.29, 1.82) is 0 Å². The molecule has 0 aliphatic rings. The maximum atomic E-state index is 11.9. The molecular formula is C12H25NO3. The van der Waals surface area contributed by atoms with Crippen molar-refractivity contribution in [3.63, 3.8) is 0 Å². The van der Waals surface area contributed by atoms with Crippen LogP contribution in [-0.2, 0) is 9.53 Å². The highest BCUT2D eigenvalue weighted by atomic mass is 16.5. The molecule has 4 heteroatoms. The zero-order valence-corrected chi connectivity index (χ0v) is 11.0. The average Bonchev–Trinajstić information content (AvgIpc) is 2.26. The van der Waals surface area contributed by atoms with Crippen molar-refractivity contribution >= 4 is 5.91 Å². The Labute approximate surface area is 98.4 Å². The number of amides is 1. The standard InChI is InChI=1S/C12H25NO3/c1-6-12(4,16-5)11(15)13-10(8-14)7-9(2)3/h9-10,14H,6-8H2,1-5H3,(H,13,15). The van der Waals surface area contributed by atoms with E-state index in [9.17, 15) is 9.90 Å². The van der Waals surface area contributed by atoms with Crippen LogP contribution in [-0.4, -0.2) is 36.4 Å². The molecule has 0 aromatic heterocycles. The number of hydrogen-bond donors (Lipinski definition) is 2. The van der Waals surface area contributed by atoms with Crippen molar-refractivity contribution in [3.05, 3.63) is 0 Å². The van der Waals surface area contributed by atoms with Gasteiger partial charge in [-0.15, -0.1) is 0 Å². The first kappa shape index (κ1) is 15.4. The normalized spacial score (nSPS) is 16.9. The lowest BCUT2D eigenvalue weighted by Crippen LogP contribution is -2.50. The van der Waals surface area contributed by atoms with Gasteiger partial charge in [-0.25, -0.2) is 0 Å². The summed E-state index contributed by atoms with van der Waals surface area (Å²) in [6, 6.07) is -0.187. The number of methoxy groups -OCH3 is 1. The highest BCUT2D eigenvalue weighted by Gasteiger charge is 2.32. The minimum atomic E-state index is -0.801. The number of aliphatic hydroxyl groups is 1. The van der Waals surface area contributed by atoms with Gasteiger partial charge in [0.2, 0.25) is 0 Å². The van der Waals surface area contributed by atoms with Crippen molar-refractivity contribution < 1.29 is 14.6 Å². The van der Waals surface area contributed by atoms with E-state index in [4.69, 9.17) is 4.74 Å². The number of ether oxygens (including phenoxy) is 1. The maximum absolute atomic E-state index is 11.9. The molecule has 2 unspecified atom stereocenters. The molecule has 0 heterocycles. The lowest BCUT2D eigenvalue weighted by Gasteiger charge is -2.28. The topological polar surface area (TPSA) is 58.6 Å². The van der Waals surface area contributed by atoms with Crippen LogP contribution in [0.4, 0.5) is 0 Å². The van der Waals surface area contributed by atoms with E-state index in [0.717, 1.165) is 6.42 Å². The quantitative estimate of drug-likeness (QED) is 0.695. The minimum absolute atomic E-state index is 0.0343. The minimum Gasteiger partial charge on any atom is -0.394 e. The van der Waals surface area contributed by atoms with Gasteiger partial charge in [0.1, 0.15) is 5.60 Å². The monoisotopic (exact) mass is 231 g/mol. The number of rotatable bonds is 7.